The molecule has 3 aromatic rings. The van der Waals surface area contributed by atoms with Crippen molar-refractivity contribution in [2.24, 2.45) is 0 Å². The summed E-state index contributed by atoms with van der Waals surface area (Å²) < 4.78 is 10.9. The Labute approximate surface area is 190 Å². The molecule has 1 heterocycles. The molecule has 1 aromatic heterocycles. The van der Waals surface area contributed by atoms with E-state index in [1.165, 1.54) is 7.11 Å². The molecule has 168 valence electrons. The van der Waals surface area contributed by atoms with E-state index in [1.54, 1.807) is 36.4 Å². The molecule has 0 aliphatic heterocycles. The van der Waals surface area contributed by atoms with Crippen LogP contribution in [0, 0.1) is 0 Å². The first kappa shape index (κ1) is 23.5. The van der Waals surface area contributed by atoms with E-state index in [4.69, 9.17) is 21.1 Å². The van der Waals surface area contributed by atoms with Gasteiger partial charge in [-0.25, -0.2) is 9.59 Å². The van der Waals surface area contributed by atoms with Gasteiger partial charge in [-0.2, -0.15) is 4.98 Å². The maximum absolute atomic E-state index is 12.4. The molecule has 0 aliphatic carbocycles. The molecule has 0 saturated carbocycles. The summed E-state index contributed by atoms with van der Waals surface area (Å²) in [4.78, 5) is 31.3. The fourth-order valence-corrected chi connectivity index (χ4v) is 3.30. The predicted molar refractivity (Wildman–Crippen MR) is 121 cm³/mol. The lowest BCUT2D eigenvalue weighted by Crippen LogP contribution is -2.66. The van der Waals surface area contributed by atoms with Gasteiger partial charge < -0.3 is 25.9 Å². The number of nitrogens with one attached hydrogen (secondary N) is 1. The van der Waals surface area contributed by atoms with Gasteiger partial charge in [-0.15, -0.1) is 0 Å². The van der Waals surface area contributed by atoms with Crippen molar-refractivity contribution in [3.8, 4) is 34.0 Å². The fraction of sp³-hybridized carbons (Fsp3) is 0.261. The van der Waals surface area contributed by atoms with Crippen molar-refractivity contribution in [1.82, 2.24) is 9.97 Å². The molecule has 1 atom stereocenters. The lowest BCUT2D eigenvalue weighted by molar-refractivity contribution is -0.409. The van der Waals surface area contributed by atoms with Crippen LogP contribution in [0.25, 0.3) is 22.5 Å². The minimum atomic E-state index is -0.482. The molecule has 7 N–H and O–H groups in total. The zero-order valence-corrected chi connectivity index (χ0v) is 18.7. The van der Waals surface area contributed by atoms with Crippen molar-refractivity contribution in [2.75, 3.05) is 13.7 Å². The monoisotopic (exact) mass is 458 g/mol. The number of nitrogens with zero attached hydrogens (tertiary/aromatic N) is 1. The molecule has 32 heavy (non-hydrogen) atoms. The van der Waals surface area contributed by atoms with Crippen LogP contribution >= 0.6 is 11.6 Å². The average Bonchev–Trinajstić information content (AvgIpc) is 2.79. The van der Waals surface area contributed by atoms with Crippen molar-refractivity contribution in [3.63, 3.8) is 0 Å². The second kappa shape index (κ2) is 10.9. The van der Waals surface area contributed by atoms with Crippen LogP contribution in [0.15, 0.2) is 53.3 Å². The highest BCUT2D eigenvalue weighted by Crippen LogP contribution is 2.33. The lowest BCUT2D eigenvalue weighted by Gasteiger charge is -2.13. The Morgan fingerprint density at radius 3 is 2.50 bits per heavy atom. The smallest absolute Gasteiger partial charge is 0.370 e. The van der Waals surface area contributed by atoms with Gasteiger partial charge in [0.15, 0.2) is 17.5 Å². The molecule has 3 rings (SSSR count). The van der Waals surface area contributed by atoms with Crippen molar-refractivity contribution in [3.05, 3.63) is 64.0 Å². The van der Waals surface area contributed by atoms with Gasteiger partial charge in [0, 0.05) is 17.0 Å². The molecular formula is C23H27ClN4O4+2. The highest BCUT2D eigenvalue weighted by molar-refractivity contribution is 6.30. The number of halogens is 1. The van der Waals surface area contributed by atoms with Crippen molar-refractivity contribution in [2.45, 2.75) is 25.3 Å². The Morgan fingerprint density at radius 2 is 1.81 bits per heavy atom. The summed E-state index contributed by atoms with van der Waals surface area (Å²) >= 11 is 5.95. The van der Waals surface area contributed by atoms with E-state index in [2.05, 4.69) is 21.4 Å². The molecule has 8 nitrogen and oxygen atoms in total. The van der Waals surface area contributed by atoms with E-state index in [0.717, 1.165) is 24.9 Å². The molecule has 0 bridgehead atoms. The normalized spacial score (nSPS) is 11.8. The Hall–Kier alpha value is -3.20. The van der Waals surface area contributed by atoms with Crippen LogP contribution in [0.2, 0.25) is 5.02 Å². The summed E-state index contributed by atoms with van der Waals surface area (Å²) in [5, 5.41) is 0.604. The maximum Gasteiger partial charge on any atom is 0.370 e. The molecule has 0 fully saturated rings. The molecule has 0 radical (unpaired) electrons. The number of esters is 1. The van der Waals surface area contributed by atoms with Crippen LogP contribution in [0.5, 0.6) is 11.5 Å². The lowest BCUT2D eigenvalue weighted by atomic mass is 10.1. The zero-order valence-electron chi connectivity index (χ0n) is 17.9. The van der Waals surface area contributed by atoms with Gasteiger partial charge in [0.2, 0.25) is 0 Å². The van der Waals surface area contributed by atoms with Gasteiger partial charge in [0.1, 0.15) is 0 Å². The van der Waals surface area contributed by atoms with Crippen LogP contribution in [-0.4, -0.2) is 35.6 Å². The van der Waals surface area contributed by atoms with Gasteiger partial charge in [-0.3, -0.25) is 0 Å². The van der Waals surface area contributed by atoms with Gasteiger partial charge in [0.05, 0.1) is 25.0 Å². The number of rotatable bonds is 9. The minimum Gasteiger partial charge on any atom is -0.493 e. The number of H-pyrrole nitrogens is 1. The molecule has 0 spiro atoms. The number of ether oxygens (including phenoxy) is 2. The van der Waals surface area contributed by atoms with Crippen LogP contribution in [0.3, 0.4) is 0 Å². The number of methoxy groups -OCH3 is 1. The summed E-state index contributed by atoms with van der Waals surface area (Å²) in [6.07, 6.45) is 2.45. The molecular weight excluding hydrogens is 432 g/mol. The highest BCUT2D eigenvalue weighted by atomic mass is 35.5. The fourth-order valence-electron chi connectivity index (χ4n) is 3.18. The average molecular weight is 459 g/mol. The van der Waals surface area contributed by atoms with Crippen molar-refractivity contribution >= 4 is 17.6 Å². The zero-order chi connectivity index (χ0) is 23.1. The first-order chi connectivity index (χ1) is 15.4. The SMILES string of the molecule is COc1cc(-c2cc(-c3ccc(Cl)cc3)[nH]c(=O)n2)ccc1OC(=O)[C@H]([NH3+])CCCC[NH3+]. The summed E-state index contributed by atoms with van der Waals surface area (Å²) in [7, 11) is 1.48. The summed E-state index contributed by atoms with van der Waals surface area (Å²) in [5.74, 6) is 0.227. The third kappa shape index (κ3) is 5.94. The number of hydrogen-bond acceptors (Lipinski definition) is 5. The highest BCUT2D eigenvalue weighted by Gasteiger charge is 2.21. The standard InChI is InChI=1S/C23H25ClN4O4/c1-31-21-12-15(7-10-20(21)32-22(29)17(26)4-2-3-11-25)19-13-18(27-23(30)28-19)14-5-8-16(24)9-6-14/h5-10,12-13,17H,2-4,11,25-26H2,1H3,(H,27,28,30)/p+2/t17-/m1/s1. The number of hydrogen-bond donors (Lipinski definition) is 3. The summed E-state index contributed by atoms with van der Waals surface area (Å²) in [6, 6.07) is 13.4. The van der Waals surface area contributed by atoms with E-state index >= 15 is 0 Å². The molecule has 0 aliphatic rings. The predicted octanol–water partition coefficient (Wildman–Crippen LogP) is 1.69. The molecule has 9 heteroatoms. The third-order valence-electron chi connectivity index (χ3n) is 4.96. The first-order valence-corrected chi connectivity index (χ1v) is 10.7. The van der Waals surface area contributed by atoms with E-state index in [1.807, 2.05) is 12.1 Å². The number of carbonyl (C=O) groups excluding carboxylic acids is 1. The van der Waals surface area contributed by atoms with Gasteiger partial charge in [-0.1, -0.05) is 23.7 Å². The Bertz CT molecular complexity index is 1130. The Balaban J connectivity index is 1.85. The number of benzene rings is 2. The Morgan fingerprint density at radius 1 is 1.09 bits per heavy atom. The van der Waals surface area contributed by atoms with Crippen LogP contribution < -0.4 is 26.6 Å². The second-order valence-electron chi connectivity index (χ2n) is 7.33. The Kier molecular flexibility index (Phi) is 7.99. The largest absolute Gasteiger partial charge is 0.493 e. The molecule has 0 unspecified atom stereocenters. The van der Waals surface area contributed by atoms with E-state index < -0.39 is 17.7 Å². The number of aromatic amines is 1. The number of unbranched alkanes of at least 4 members (excludes halogenated alkanes) is 1. The van der Waals surface area contributed by atoms with Crippen molar-refractivity contribution < 1.29 is 25.7 Å². The van der Waals surface area contributed by atoms with E-state index in [-0.39, 0.29) is 5.75 Å². The van der Waals surface area contributed by atoms with Crippen LogP contribution in [0.4, 0.5) is 0 Å². The summed E-state index contributed by atoms with van der Waals surface area (Å²) in [5.41, 5.74) is 9.71. The van der Waals surface area contributed by atoms with Gasteiger partial charge in [-0.05, 0) is 54.8 Å². The van der Waals surface area contributed by atoms with E-state index in [0.29, 0.717) is 34.1 Å². The van der Waals surface area contributed by atoms with Crippen LogP contribution in [0.1, 0.15) is 19.3 Å². The molecule has 0 amide bonds. The van der Waals surface area contributed by atoms with Crippen molar-refractivity contribution in [1.29, 1.82) is 0 Å². The third-order valence-corrected chi connectivity index (χ3v) is 5.21. The van der Waals surface area contributed by atoms with Gasteiger partial charge in [0.25, 0.3) is 0 Å². The topological polar surface area (TPSA) is 137 Å². The second-order valence-corrected chi connectivity index (χ2v) is 7.76. The number of aromatic nitrogens is 2. The molecule has 0 saturated heterocycles. The van der Waals surface area contributed by atoms with E-state index in [9.17, 15) is 9.59 Å². The maximum atomic E-state index is 12.4. The summed E-state index contributed by atoms with van der Waals surface area (Å²) in [6.45, 7) is 0.827. The number of quaternary nitrogens is 2. The van der Waals surface area contributed by atoms with Gasteiger partial charge >= 0.3 is 11.7 Å². The quantitative estimate of drug-likeness (QED) is 0.254. The number of carbonyl (C=O) groups is 1. The molecule has 2 aromatic carbocycles. The minimum absolute atomic E-state index is 0.287. The van der Waals surface area contributed by atoms with Crippen LogP contribution in [-0.2, 0) is 4.79 Å². The first-order valence-electron chi connectivity index (χ1n) is 10.3.